The van der Waals surface area contributed by atoms with E-state index in [-0.39, 0.29) is 11.8 Å². The van der Waals surface area contributed by atoms with Crippen LogP contribution >= 0.6 is 0 Å². The first kappa shape index (κ1) is 19.2. The summed E-state index contributed by atoms with van der Waals surface area (Å²) in [6.07, 6.45) is 1.20. The molecule has 2 aliphatic rings. The first-order valence-electron chi connectivity index (χ1n) is 9.80. The minimum Gasteiger partial charge on any atom is -0.497 e. The van der Waals surface area contributed by atoms with Gasteiger partial charge in [0, 0.05) is 38.0 Å². The van der Waals surface area contributed by atoms with Gasteiger partial charge in [0.2, 0.25) is 0 Å². The van der Waals surface area contributed by atoms with Crippen molar-refractivity contribution in [3.63, 3.8) is 0 Å². The Kier molecular flexibility index (Phi) is 4.90. The molecule has 29 heavy (non-hydrogen) atoms. The maximum Gasteiger partial charge on any atom is 0.255 e. The molecule has 2 aromatic carbocycles. The van der Waals surface area contributed by atoms with E-state index in [0.717, 1.165) is 5.69 Å². The predicted octanol–water partition coefficient (Wildman–Crippen LogP) is 3.04. The molecule has 0 bridgehead atoms. The molecule has 6 nitrogen and oxygen atoms in total. The normalized spacial score (nSPS) is 17.7. The van der Waals surface area contributed by atoms with E-state index in [0.29, 0.717) is 49.4 Å². The van der Waals surface area contributed by atoms with Gasteiger partial charge in [-0.25, -0.2) is 4.39 Å². The van der Waals surface area contributed by atoms with Crippen LogP contribution in [0.1, 0.15) is 40.5 Å². The van der Waals surface area contributed by atoms with E-state index in [1.54, 1.807) is 37.4 Å². The Morgan fingerprint density at radius 1 is 1.17 bits per heavy atom. The summed E-state index contributed by atoms with van der Waals surface area (Å²) in [6, 6.07) is 11.4. The number of carbonyl (C=O) groups excluding carboxylic acids is 2. The molecule has 7 heteroatoms. The number of anilines is 1. The summed E-state index contributed by atoms with van der Waals surface area (Å²) >= 11 is 0. The number of methoxy groups -OCH3 is 1. The number of ether oxygens (including phenoxy) is 1. The van der Waals surface area contributed by atoms with Crippen LogP contribution in [-0.4, -0.2) is 49.1 Å². The van der Waals surface area contributed by atoms with Crippen molar-refractivity contribution in [3.8, 4) is 5.75 Å². The fraction of sp³-hybridized carbons (Fsp3) is 0.364. The third-order valence-electron chi connectivity index (χ3n) is 5.89. The number of nitrogens with zero attached hydrogens (tertiary/aromatic N) is 2. The molecule has 0 aliphatic carbocycles. The lowest BCUT2D eigenvalue weighted by molar-refractivity contribution is 0.0603. The highest BCUT2D eigenvalue weighted by atomic mass is 19.1. The Bertz CT molecular complexity index is 937. The number of hydrogen-bond donors (Lipinski definition) is 1. The van der Waals surface area contributed by atoms with Crippen molar-refractivity contribution >= 4 is 17.5 Å². The van der Waals surface area contributed by atoms with Crippen molar-refractivity contribution in [1.82, 2.24) is 10.2 Å². The Morgan fingerprint density at radius 2 is 1.86 bits per heavy atom. The second kappa shape index (κ2) is 7.39. The lowest BCUT2D eigenvalue weighted by atomic mass is 9.89. The van der Waals surface area contributed by atoms with Crippen molar-refractivity contribution in [2.45, 2.75) is 25.4 Å². The lowest BCUT2D eigenvalue weighted by Gasteiger charge is -2.52. The van der Waals surface area contributed by atoms with Crippen LogP contribution in [-0.2, 0) is 0 Å². The molecule has 2 aromatic rings. The standard InChI is InChI=1S/C22H24FN3O3/c1-3-26-19-9-6-16(23)14-18(19)20(27)24-22(26)10-12-25(13-11-22)21(28)15-4-7-17(29-2)8-5-15/h4-9,14H,3,10-13H2,1-2H3,(H,24,27). The average Bonchev–Trinajstić information content (AvgIpc) is 2.74. The van der Waals surface area contributed by atoms with Gasteiger partial charge in [0.25, 0.3) is 11.8 Å². The first-order valence-corrected chi connectivity index (χ1v) is 9.80. The number of carbonyl (C=O) groups is 2. The minimum absolute atomic E-state index is 0.0323. The third-order valence-corrected chi connectivity index (χ3v) is 5.89. The summed E-state index contributed by atoms with van der Waals surface area (Å²) in [5.74, 6) is -0.0159. The van der Waals surface area contributed by atoms with Gasteiger partial charge in [0.15, 0.2) is 0 Å². The van der Waals surface area contributed by atoms with Crippen LogP contribution in [0.15, 0.2) is 42.5 Å². The van der Waals surface area contributed by atoms with E-state index in [4.69, 9.17) is 4.74 Å². The molecule has 1 saturated heterocycles. The van der Waals surface area contributed by atoms with E-state index in [2.05, 4.69) is 10.2 Å². The van der Waals surface area contributed by atoms with E-state index in [1.165, 1.54) is 12.1 Å². The fourth-order valence-electron chi connectivity index (χ4n) is 4.37. The summed E-state index contributed by atoms with van der Waals surface area (Å²) < 4.78 is 18.8. The highest BCUT2D eigenvalue weighted by Gasteiger charge is 2.45. The predicted molar refractivity (Wildman–Crippen MR) is 108 cm³/mol. The maximum atomic E-state index is 13.6. The summed E-state index contributed by atoms with van der Waals surface area (Å²) in [5.41, 5.74) is 1.15. The van der Waals surface area contributed by atoms with Crippen molar-refractivity contribution < 1.29 is 18.7 Å². The minimum atomic E-state index is -0.562. The molecule has 4 rings (SSSR count). The van der Waals surface area contributed by atoms with Gasteiger partial charge >= 0.3 is 0 Å². The van der Waals surface area contributed by atoms with Crippen LogP contribution < -0.4 is 15.0 Å². The zero-order valence-corrected chi connectivity index (χ0v) is 16.6. The molecule has 0 saturated carbocycles. The quantitative estimate of drug-likeness (QED) is 0.865. The van der Waals surface area contributed by atoms with Gasteiger partial charge in [-0.3, -0.25) is 9.59 Å². The zero-order chi connectivity index (χ0) is 20.6. The molecule has 0 unspecified atom stereocenters. The van der Waals surface area contributed by atoms with Crippen LogP contribution in [0, 0.1) is 5.82 Å². The largest absolute Gasteiger partial charge is 0.497 e. The molecular weight excluding hydrogens is 373 g/mol. The number of likely N-dealkylation sites (tertiary alicyclic amines) is 1. The Labute approximate surface area is 169 Å². The highest BCUT2D eigenvalue weighted by molar-refractivity contribution is 6.02. The van der Waals surface area contributed by atoms with Gasteiger partial charge in [-0.05, 0) is 49.4 Å². The van der Waals surface area contributed by atoms with Crippen LogP contribution in [0.4, 0.5) is 10.1 Å². The molecule has 0 aromatic heterocycles. The van der Waals surface area contributed by atoms with Crippen LogP contribution in [0.25, 0.3) is 0 Å². The van der Waals surface area contributed by atoms with Gasteiger partial charge in [0.1, 0.15) is 17.2 Å². The van der Waals surface area contributed by atoms with Crippen LogP contribution in [0.2, 0.25) is 0 Å². The van der Waals surface area contributed by atoms with Gasteiger partial charge < -0.3 is 19.9 Å². The SMILES string of the molecule is CCN1c2ccc(F)cc2C(=O)NC12CCN(C(=O)c1ccc(OC)cc1)CC2. The second-order valence-corrected chi connectivity index (χ2v) is 7.41. The molecule has 0 radical (unpaired) electrons. The van der Waals surface area contributed by atoms with Gasteiger partial charge in [-0.1, -0.05) is 0 Å². The number of nitrogens with one attached hydrogen (secondary N) is 1. The summed E-state index contributed by atoms with van der Waals surface area (Å²) in [6.45, 7) is 3.74. The number of halogens is 1. The molecule has 0 atom stereocenters. The number of benzene rings is 2. The molecule has 2 amide bonds. The van der Waals surface area contributed by atoms with Crippen LogP contribution in [0.3, 0.4) is 0 Å². The van der Waals surface area contributed by atoms with E-state index < -0.39 is 11.5 Å². The molecule has 1 fully saturated rings. The first-order chi connectivity index (χ1) is 14.0. The Balaban J connectivity index is 1.53. The zero-order valence-electron chi connectivity index (χ0n) is 16.6. The summed E-state index contributed by atoms with van der Waals surface area (Å²) in [5, 5.41) is 3.10. The molecule has 2 aliphatic heterocycles. The van der Waals surface area contributed by atoms with Gasteiger partial charge in [-0.15, -0.1) is 0 Å². The molecule has 152 valence electrons. The number of fused-ring (bicyclic) bond motifs is 1. The topological polar surface area (TPSA) is 61.9 Å². The number of hydrogen-bond acceptors (Lipinski definition) is 4. The fourth-order valence-corrected chi connectivity index (χ4v) is 4.37. The van der Waals surface area contributed by atoms with E-state index in [9.17, 15) is 14.0 Å². The van der Waals surface area contributed by atoms with E-state index >= 15 is 0 Å². The molecule has 2 heterocycles. The molecule has 1 spiro atoms. The monoisotopic (exact) mass is 397 g/mol. The van der Waals surface area contributed by atoms with Gasteiger partial charge in [-0.2, -0.15) is 0 Å². The van der Waals surface area contributed by atoms with Crippen molar-refractivity contribution in [1.29, 1.82) is 0 Å². The number of amides is 2. The van der Waals surface area contributed by atoms with Crippen LogP contribution in [0.5, 0.6) is 5.75 Å². The van der Waals surface area contributed by atoms with Crippen molar-refractivity contribution in [2.75, 3.05) is 31.6 Å². The molecular formula is C22H24FN3O3. The highest BCUT2D eigenvalue weighted by Crippen LogP contribution is 2.37. The van der Waals surface area contributed by atoms with Crippen molar-refractivity contribution in [2.24, 2.45) is 0 Å². The van der Waals surface area contributed by atoms with Crippen molar-refractivity contribution in [3.05, 3.63) is 59.4 Å². The lowest BCUT2D eigenvalue weighted by Crippen LogP contribution is -2.68. The smallest absolute Gasteiger partial charge is 0.255 e. The average molecular weight is 397 g/mol. The Morgan fingerprint density at radius 3 is 2.48 bits per heavy atom. The summed E-state index contributed by atoms with van der Waals surface area (Å²) in [4.78, 5) is 29.5. The number of rotatable bonds is 3. The Hall–Kier alpha value is -3.09. The summed E-state index contributed by atoms with van der Waals surface area (Å²) in [7, 11) is 1.59. The number of piperidine rings is 1. The molecule has 1 N–H and O–H groups in total. The second-order valence-electron chi connectivity index (χ2n) is 7.41. The maximum absolute atomic E-state index is 13.6. The van der Waals surface area contributed by atoms with Gasteiger partial charge in [0.05, 0.1) is 18.4 Å². The van der Waals surface area contributed by atoms with E-state index in [1.807, 2.05) is 11.8 Å². The third kappa shape index (κ3) is 3.30.